The smallest absolute Gasteiger partial charge is 0.0740 e. The van der Waals surface area contributed by atoms with E-state index in [9.17, 15) is 0 Å². The molecule has 54 heavy (non-hydrogen) atoms. The van der Waals surface area contributed by atoms with E-state index in [4.69, 9.17) is 0 Å². The lowest BCUT2D eigenvalue weighted by Gasteiger charge is -2.43. The van der Waals surface area contributed by atoms with Gasteiger partial charge in [-0.3, -0.25) is 0 Å². The van der Waals surface area contributed by atoms with Crippen LogP contribution in [0.3, 0.4) is 0 Å². The Hall–Kier alpha value is -6.28. The third-order valence-electron chi connectivity index (χ3n) is 13.1. The fourth-order valence-electron chi connectivity index (χ4n) is 10.9. The summed E-state index contributed by atoms with van der Waals surface area (Å²) in [5.74, 6) is 0.576. The lowest BCUT2D eigenvalue weighted by atomic mass is 9.60. The van der Waals surface area contributed by atoms with Crippen LogP contribution in [-0.2, 0) is 5.41 Å². The molecule has 0 aliphatic heterocycles. The van der Waals surface area contributed by atoms with Gasteiger partial charge in [-0.25, -0.2) is 0 Å². The van der Waals surface area contributed by atoms with Gasteiger partial charge >= 0.3 is 0 Å². The summed E-state index contributed by atoms with van der Waals surface area (Å²) in [5.41, 5.74) is 20.3. The number of benzene rings is 6. The van der Waals surface area contributed by atoms with Crippen molar-refractivity contribution in [2.45, 2.75) is 5.41 Å². The van der Waals surface area contributed by atoms with Gasteiger partial charge in [-0.15, -0.1) is 11.3 Å². The predicted molar refractivity (Wildman–Crippen MR) is 226 cm³/mol. The highest BCUT2D eigenvalue weighted by Crippen LogP contribution is 2.66. The van der Waals surface area contributed by atoms with Gasteiger partial charge in [-0.05, 0) is 118 Å². The van der Waals surface area contributed by atoms with E-state index in [2.05, 4.69) is 182 Å². The Kier molecular flexibility index (Phi) is 5.65. The maximum atomic E-state index is 2.57. The molecule has 6 aromatic carbocycles. The maximum Gasteiger partial charge on any atom is 0.0740 e. The number of hydrogen-bond donors (Lipinski definition) is 0. The molecule has 3 atom stereocenters. The molecule has 1 spiro atoms. The Morgan fingerprint density at radius 3 is 2.19 bits per heavy atom. The predicted octanol–water partition coefficient (Wildman–Crippen LogP) is 13.4. The Labute approximate surface area is 318 Å². The second-order valence-electron chi connectivity index (χ2n) is 15.5. The van der Waals surface area contributed by atoms with Crippen LogP contribution in [0.25, 0.3) is 53.6 Å². The fourth-order valence-corrected chi connectivity index (χ4v) is 12.2. The van der Waals surface area contributed by atoms with Crippen molar-refractivity contribution < 1.29 is 0 Å². The van der Waals surface area contributed by atoms with Crippen molar-refractivity contribution in [3.05, 3.63) is 238 Å². The van der Waals surface area contributed by atoms with Gasteiger partial charge in [0.25, 0.3) is 0 Å². The topological polar surface area (TPSA) is 0 Å². The minimum absolute atomic E-state index is 0.282. The van der Waals surface area contributed by atoms with Crippen molar-refractivity contribution in [3.63, 3.8) is 0 Å². The number of rotatable bonds is 2. The van der Waals surface area contributed by atoms with E-state index < -0.39 is 0 Å². The largest absolute Gasteiger partial charge is 0.135 e. The lowest BCUT2D eigenvalue weighted by molar-refractivity contribution is 0.571. The van der Waals surface area contributed by atoms with Crippen LogP contribution in [0.4, 0.5) is 0 Å². The summed E-state index contributed by atoms with van der Waals surface area (Å²) >= 11 is 1.95. The average Bonchev–Trinajstić information content (AvgIpc) is 3.86. The molecule has 0 saturated carbocycles. The van der Waals surface area contributed by atoms with Crippen LogP contribution in [-0.4, -0.2) is 0 Å². The summed E-state index contributed by atoms with van der Waals surface area (Å²) in [6, 6.07) is 50.5. The van der Waals surface area contributed by atoms with Crippen molar-refractivity contribution in [2.24, 2.45) is 11.8 Å². The third-order valence-corrected chi connectivity index (χ3v) is 14.3. The first-order valence-corrected chi connectivity index (χ1v) is 19.9. The molecule has 1 heteroatoms. The lowest BCUT2D eigenvalue weighted by Crippen LogP contribution is -2.31. The fraction of sp³-hybridized carbons (Fsp3) is 0.0566. The molecule has 1 aromatic heterocycles. The summed E-state index contributed by atoms with van der Waals surface area (Å²) in [5, 5.41) is 3.94. The zero-order valence-electron chi connectivity index (χ0n) is 29.4. The summed E-state index contributed by atoms with van der Waals surface area (Å²) in [6.07, 6.45) is 19.0. The van der Waals surface area contributed by atoms with Gasteiger partial charge in [0.05, 0.1) is 5.41 Å². The zero-order valence-corrected chi connectivity index (χ0v) is 30.2. The highest BCUT2D eigenvalue weighted by molar-refractivity contribution is 7.22. The van der Waals surface area contributed by atoms with Crippen LogP contribution in [0, 0.1) is 11.8 Å². The molecule has 0 radical (unpaired) electrons. The highest BCUT2D eigenvalue weighted by atomic mass is 32.1. The van der Waals surface area contributed by atoms with E-state index in [0.29, 0.717) is 5.92 Å². The summed E-state index contributed by atoms with van der Waals surface area (Å²) < 4.78 is 1.36. The minimum atomic E-state index is -0.376. The molecule has 3 unspecified atom stereocenters. The van der Waals surface area contributed by atoms with E-state index >= 15 is 0 Å². The maximum absolute atomic E-state index is 2.57. The second kappa shape index (κ2) is 10.4. The van der Waals surface area contributed by atoms with Crippen LogP contribution in [0.1, 0.15) is 33.4 Å². The third kappa shape index (κ3) is 3.58. The normalized spacial score (nSPS) is 22.0. The van der Waals surface area contributed by atoms with Gasteiger partial charge < -0.3 is 0 Å². The Balaban J connectivity index is 1.03. The van der Waals surface area contributed by atoms with Crippen molar-refractivity contribution in [2.75, 3.05) is 0 Å². The van der Waals surface area contributed by atoms with Crippen LogP contribution in [0.2, 0.25) is 0 Å². The van der Waals surface area contributed by atoms with Gasteiger partial charge in [-0.2, -0.15) is 0 Å². The molecule has 0 bridgehead atoms. The SMILES string of the molecule is C1=CC2=CC(c3ccc4ccccc4c3)=C3C=CC=C4C=C(c5ccc6c(c5)C5(c7ccccc7-6)c6ccccc6-c6sc7ccccc7c65)C(=C1)C2C43. The van der Waals surface area contributed by atoms with Gasteiger partial charge in [-0.1, -0.05) is 164 Å². The van der Waals surface area contributed by atoms with E-state index in [0.717, 1.165) is 0 Å². The molecule has 0 amide bonds. The van der Waals surface area contributed by atoms with Crippen LogP contribution in [0.15, 0.2) is 204 Å². The standard InChI is InChI=1S/C53H32S/c1-2-12-32-27-33(24-23-31(32)11-1)43-28-35-13-10-19-40-44(29-36-14-9-18-39(43)49(36)50(35)40)34-25-26-38-37-15-3-6-20-45(37)53(47(38)30-34)46-21-7-4-16-41(46)52-51(53)42-17-5-8-22-48(42)54-52/h1-30,49-50H. The quantitative estimate of drug-likeness (QED) is 0.168. The summed E-state index contributed by atoms with van der Waals surface area (Å²) in [7, 11) is 0. The molecule has 0 N–H and O–H groups in total. The molecule has 250 valence electrons. The zero-order chi connectivity index (χ0) is 35.1. The Morgan fingerprint density at radius 1 is 0.519 bits per heavy atom. The van der Waals surface area contributed by atoms with Crippen molar-refractivity contribution >= 4 is 43.3 Å². The number of fused-ring (bicyclic) bond motifs is 13. The molecule has 13 rings (SSSR count). The van der Waals surface area contributed by atoms with E-state index in [1.54, 1.807) is 0 Å². The van der Waals surface area contributed by atoms with Crippen molar-refractivity contribution in [3.8, 4) is 21.6 Å². The van der Waals surface area contributed by atoms with Gasteiger partial charge in [0, 0.05) is 21.4 Å². The van der Waals surface area contributed by atoms with Crippen molar-refractivity contribution in [1.29, 1.82) is 0 Å². The van der Waals surface area contributed by atoms with E-state index in [1.807, 2.05) is 11.3 Å². The number of allylic oxidation sites excluding steroid dienone is 14. The minimum Gasteiger partial charge on any atom is -0.135 e. The molecular weight excluding hydrogens is 669 g/mol. The Bertz CT molecular complexity index is 3110. The molecule has 6 aliphatic carbocycles. The number of hydrogen-bond acceptors (Lipinski definition) is 1. The highest BCUT2D eigenvalue weighted by Gasteiger charge is 2.53. The molecule has 6 aliphatic rings. The van der Waals surface area contributed by atoms with Crippen LogP contribution >= 0.6 is 11.3 Å². The van der Waals surface area contributed by atoms with Gasteiger partial charge in [0.15, 0.2) is 0 Å². The second-order valence-corrected chi connectivity index (χ2v) is 16.6. The number of thiophene rings is 1. The first-order valence-electron chi connectivity index (χ1n) is 19.1. The first kappa shape index (κ1) is 29.2. The molecule has 1 heterocycles. The van der Waals surface area contributed by atoms with Crippen molar-refractivity contribution in [1.82, 2.24) is 0 Å². The monoisotopic (exact) mass is 700 g/mol. The van der Waals surface area contributed by atoms with Gasteiger partial charge in [0.2, 0.25) is 0 Å². The Morgan fingerprint density at radius 2 is 1.26 bits per heavy atom. The van der Waals surface area contributed by atoms with E-state index in [-0.39, 0.29) is 11.3 Å². The summed E-state index contributed by atoms with van der Waals surface area (Å²) in [6.45, 7) is 0. The van der Waals surface area contributed by atoms with Crippen LogP contribution < -0.4 is 0 Å². The molecule has 0 fully saturated rings. The molecule has 7 aromatic rings. The van der Waals surface area contributed by atoms with E-state index in [1.165, 1.54) is 109 Å². The molecule has 0 nitrogen and oxygen atoms in total. The summed E-state index contributed by atoms with van der Waals surface area (Å²) in [4.78, 5) is 1.41. The average molecular weight is 701 g/mol. The first-order chi connectivity index (χ1) is 26.8. The van der Waals surface area contributed by atoms with Crippen LogP contribution in [0.5, 0.6) is 0 Å². The van der Waals surface area contributed by atoms with Gasteiger partial charge in [0.1, 0.15) is 0 Å². The molecule has 0 saturated heterocycles. The molecular formula is C53H32S.